The van der Waals surface area contributed by atoms with Crippen LogP contribution in [0.25, 0.3) is 11.1 Å². The van der Waals surface area contributed by atoms with E-state index in [2.05, 4.69) is 56.3 Å². The van der Waals surface area contributed by atoms with Crippen LogP contribution in [0.5, 0.6) is 0 Å². The zero-order valence-corrected chi connectivity index (χ0v) is 8.54. The smallest absolute Gasteiger partial charge is 0.00990 e. The van der Waals surface area contributed by atoms with Gasteiger partial charge in [-0.3, -0.25) is 0 Å². The molecule has 0 spiro atoms. The SMILES string of the molecule is Cc1cc[c]c(-c2cccc(C)c2)c1. The third-order valence-corrected chi connectivity index (χ3v) is 2.29. The number of rotatable bonds is 1. The molecule has 0 unspecified atom stereocenters. The Hall–Kier alpha value is -1.56. The summed E-state index contributed by atoms with van der Waals surface area (Å²) in [6, 6.07) is 18.0. The Labute approximate surface area is 85.2 Å². The van der Waals surface area contributed by atoms with E-state index in [1.807, 2.05) is 6.07 Å². The molecule has 2 aromatic rings. The highest BCUT2D eigenvalue weighted by atomic mass is 14.0. The Bertz CT molecular complexity index is 398. The van der Waals surface area contributed by atoms with Gasteiger partial charge in [0.25, 0.3) is 0 Å². The lowest BCUT2D eigenvalue weighted by Crippen LogP contribution is -1.80. The van der Waals surface area contributed by atoms with Crippen LogP contribution in [0.1, 0.15) is 11.1 Å². The second kappa shape index (κ2) is 3.67. The molecule has 0 heterocycles. The summed E-state index contributed by atoms with van der Waals surface area (Å²) in [6.07, 6.45) is 0. The van der Waals surface area contributed by atoms with E-state index in [1.165, 1.54) is 22.3 Å². The van der Waals surface area contributed by atoms with Crippen molar-refractivity contribution in [1.29, 1.82) is 0 Å². The third kappa shape index (κ3) is 1.85. The van der Waals surface area contributed by atoms with E-state index in [0.29, 0.717) is 0 Å². The van der Waals surface area contributed by atoms with Crippen molar-refractivity contribution in [1.82, 2.24) is 0 Å². The summed E-state index contributed by atoms with van der Waals surface area (Å²) in [6.45, 7) is 4.21. The van der Waals surface area contributed by atoms with Crippen LogP contribution in [0.15, 0.2) is 42.5 Å². The van der Waals surface area contributed by atoms with Crippen molar-refractivity contribution in [2.75, 3.05) is 0 Å². The van der Waals surface area contributed by atoms with Gasteiger partial charge in [-0.15, -0.1) is 0 Å². The first-order valence-electron chi connectivity index (χ1n) is 4.81. The van der Waals surface area contributed by atoms with Crippen LogP contribution in [0.4, 0.5) is 0 Å². The Kier molecular flexibility index (Phi) is 2.36. The highest BCUT2D eigenvalue weighted by molar-refractivity contribution is 5.64. The van der Waals surface area contributed by atoms with Crippen molar-refractivity contribution in [2.24, 2.45) is 0 Å². The summed E-state index contributed by atoms with van der Waals surface area (Å²) >= 11 is 0. The molecule has 0 N–H and O–H groups in total. The lowest BCUT2D eigenvalue weighted by atomic mass is 10.0. The maximum atomic E-state index is 3.25. The van der Waals surface area contributed by atoms with Crippen LogP contribution in [-0.2, 0) is 0 Å². The van der Waals surface area contributed by atoms with Gasteiger partial charge in [0.15, 0.2) is 0 Å². The molecule has 1 radical (unpaired) electrons. The maximum Gasteiger partial charge on any atom is -0.00990 e. The predicted molar refractivity (Wildman–Crippen MR) is 60.2 cm³/mol. The topological polar surface area (TPSA) is 0 Å². The van der Waals surface area contributed by atoms with Crippen LogP contribution in [0.2, 0.25) is 0 Å². The fraction of sp³-hybridized carbons (Fsp3) is 0.143. The van der Waals surface area contributed by atoms with Gasteiger partial charge in [-0.1, -0.05) is 53.6 Å². The van der Waals surface area contributed by atoms with Crippen molar-refractivity contribution in [2.45, 2.75) is 13.8 Å². The van der Waals surface area contributed by atoms with Crippen molar-refractivity contribution in [3.8, 4) is 11.1 Å². The zero-order valence-electron chi connectivity index (χ0n) is 8.54. The van der Waals surface area contributed by atoms with Crippen molar-refractivity contribution >= 4 is 0 Å². The van der Waals surface area contributed by atoms with Gasteiger partial charge >= 0.3 is 0 Å². The molecular weight excluding hydrogens is 168 g/mol. The number of aryl methyl sites for hydroxylation is 2. The Morgan fingerprint density at radius 2 is 1.71 bits per heavy atom. The highest BCUT2D eigenvalue weighted by Crippen LogP contribution is 2.20. The van der Waals surface area contributed by atoms with E-state index in [-0.39, 0.29) is 0 Å². The third-order valence-electron chi connectivity index (χ3n) is 2.29. The summed E-state index contributed by atoms with van der Waals surface area (Å²) in [4.78, 5) is 0. The summed E-state index contributed by atoms with van der Waals surface area (Å²) in [5.41, 5.74) is 4.99. The number of hydrogen-bond acceptors (Lipinski definition) is 0. The first-order valence-corrected chi connectivity index (χ1v) is 4.81. The first kappa shape index (κ1) is 9.01. The van der Waals surface area contributed by atoms with Gasteiger partial charge in [-0.05, 0) is 31.0 Å². The van der Waals surface area contributed by atoms with Gasteiger partial charge in [0.05, 0.1) is 0 Å². The van der Waals surface area contributed by atoms with Gasteiger partial charge in [0.1, 0.15) is 0 Å². The molecule has 0 heteroatoms. The Balaban J connectivity index is 2.49. The van der Waals surface area contributed by atoms with E-state index < -0.39 is 0 Å². The normalized spacial score (nSPS) is 10.1. The van der Waals surface area contributed by atoms with Gasteiger partial charge in [-0.25, -0.2) is 0 Å². The fourth-order valence-corrected chi connectivity index (χ4v) is 1.56. The minimum absolute atomic E-state index is 1.17. The molecule has 69 valence electrons. The molecule has 0 nitrogen and oxygen atoms in total. The standard InChI is InChI=1S/C14H13/c1-11-5-3-7-13(9-11)14-8-4-6-12(2)10-14/h3-7,9-10H,1-2H3. The molecule has 0 aliphatic rings. The van der Waals surface area contributed by atoms with Gasteiger partial charge < -0.3 is 0 Å². The Morgan fingerprint density at radius 1 is 0.929 bits per heavy atom. The summed E-state index contributed by atoms with van der Waals surface area (Å²) < 4.78 is 0. The molecule has 0 saturated heterocycles. The molecule has 0 bridgehead atoms. The maximum absolute atomic E-state index is 3.25. The van der Waals surface area contributed by atoms with E-state index in [0.717, 1.165) is 0 Å². The van der Waals surface area contributed by atoms with E-state index in [9.17, 15) is 0 Å². The summed E-state index contributed by atoms with van der Waals surface area (Å²) in [5.74, 6) is 0. The van der Waals surface area contributed by atoms with E-state index >= 15 is 0 Å². The lowest BCUT2D eigenvalue weighted by Gasteiger charge is -2.03. The molecule has 0 atom stereocenters. The second-order valence-corrected chi connectivity index (χ2v) is 3.65. The van der Waals surface area contributed by atoms with Gasteiger partial charge in [0, 0.05) is 0 Å². The van der Waals surface area contributed by atoms with E-state index in [1.54, 1.807) is 0 Å². The predicted octanol–water partition coefficient (Wildman–Crippen LogP) is 3.77. The van der Waals surface area contributed by atoms with E-state index in [4.69, 9.17) is 0 Å². The number of hydrogen-bond donors (Lipinski definition) is 0. The molecule has 0 aliphatic heterocycles. The molecule has 2 rings (SSSR count). The minimum Gasteiger partial charge on any atom is -0.0614 e. The second-order valence-electron chi connectivity index (χ2n) is 3.65. The fourth-order valence-electron chi connectivity index (χ4n) is 1.56. The van der Waals surface area contributed by atoms with Gasteiger partial charge in [0.2, 0.25) is 0 Å². The largest absolute Gasteiger partial charge is 0.0614 e. The Morgan fingerprint density at radius 3 is 2.43 bits per heavy atom. The number of benzene rings is 2. The molecule has 14 heavy (non-hydrogen) atoms. The molecule has 0 saturated carbocycles. The average Bonchev–Trinajstić information content (AvgIpc) is 2.18. The van der Waals surface area contributed by atoms with Crippen LogP contribution in [-0.4, -0.2) is 0 Å². The van der Waals surface area contributed by atoms with Crippen LogP contribution < -0.4 is 0 Å². The lowest BCUT2D eigenvalue weighted by molar-refractivity contribution is 1.43. The summed E-state index contributed by atoms with van der Waals surface area (Å²) in [7, 11) is 0. The van der Waals surface area contributed by atoms with Crippen LogP contribution >= 0.6 is 0 Å². The molecule has 0 fully saturated rings. The van der Waals surface area contributed by atoms with Crippen LogP contribution in [0, 0.1) is 19.9 Å². The summed E-state index contributed by atoms with van der Waals surface area (Å²) in [5, 5.41) is 0. The molecule has 0 aliphatic carbocycles. The molecular formula is C14H13. The van der Waals surface area contributed by atoms with Crippen molar-refractivity contribution in [3.05, 3.63) is 59.7 Å². The molecule has 0 aromatic heterocycles. The first-order chi connectivity index (χ1) is 6.75. The monoisotopic (exact) mass is 181 g/mol. The van der Waals surface area contributed by atoms with Gasteiger partial charge in [-0.2, -0.15) is 0 Å². The molecule has 0 amide bonds. The highest BCUT2D eigenvalue weighted by Gasteiger charge is 1.97. The zero-order chi connectivity index (χ0) is 9.97. The van der Waals surface area contributed by atoms with Crippen molar-refractivity contribution < 1.29 is 0 Å². The van der Waals surface area contributed by atoms with Crippen LogP contribution in [0.3, 0.4) is 0 Å². The van der Waals surface area contributed by atoms with Crippen molar-refractivity contribution in [3.63, 3.8) is 0 Å². The average molecular weight is 181 g/mol. The molecule has 2 aromatic carbocycles. The minimum atomic E-state index is 1.17. The quantitative estimate of drug-likeness (QED) is 0.628.